The van der Waals surface area contributed by atoms with Gasteiger partial charge in [-0.3, -0.25) is 9.69 Å². The lowest BCUT2D eigenvalue weighted by Gasteiger charge is -2.17. The van der Waals surface area contributed by atoms with Crippen molar-refractivity contribution in [2.75, 3.05) is 30.7 Å². The fourth-order valence-corrected chi connectivity index (χ4v) is 1.67. The van der Waals surface area contributed by atoms with Crippen LogP contribution in [0.4, 0.5) is 11.4 Å². The van der Waals surface area contributed by atoms with Gasteiger partial charge in [-0.2, -0.15) is 0 Å². The zero-order chi connectivity index (χ0) is 12.8. The van der Waals surface area contributed by atoms with Crippen molar-refractivity contribution in [1.29, 1.82) is 0 Å². The van der Waals surface area contributed by atoms with E-state index in [1.165, 1.54) is 0 Å². The first-order valence-corrected chi connectivity index (χ1v) is 5.95. The number of nitrogens with two attached hydrogens (primary N) is 1. The minimum atomic E-state index is 0. The predicted molar refractivity (Wildman–Crippen MR) is 86.5 cm³/mol. The van der Waals surface area contributed by atoms with Crippen molar-refractivity contribution in [1.82, 2.24) is 4.90 Å². The summed E-state index contributed by atoms with van der Waals surface area (Å²) in [5.41, 5.74) is 8.19. The van der Waals surface area contributed by atoms with Crippen LogP contribution in [0, 0.1) is 6.92 Å². The maximum atomic E-state index is 11.8. The second-order valence-electron chi connectivity index (χ2n) is 4.08. The summed E-state index contributed by atoms with van der Waals surface area (Å²) in [5, 5.41) is 2.90. The molecule has 0 aliphatic heterocycles. The van der Waals surface area contributed by atoms with Crippen LogP contribution in [-0.2, 0) is 4.79 Å². The molecule has 19 heavy (non-hydrogen) atoms. The summed E-state index contributed by atoms with van der Waals surface area (Å²) < 4.78 is 0. The van der Waals surface area contributed by atoms with Crippen LogP contribution in [0.2, 0.25) is 0 Å². The molecule has 0 saturated heterocycles. The number of nitrogens with zero attached hydrogens (tertiary/aromatic N) is 1. The van der Waals surface area contributed by atoms with Gasteiger partial charge in [-0.15, -0.1) is 24.8 Å². The third-order valence-electron chi connectivity index (χ3n) is 2.79. The average Bonchev–Trinajstić information content (AvgIpc) is 2.29. The van der Waals surface area contributed by atoms with Crippen molar-refractivity contribution in [3.63, 3.8) is 0 Å². The third kappa shape index (κ3) is 6.66. The molecule has 0 aromatic heterocycles. The van der Waals surface area contributed by atoms with E-state index >= 15 is 0 Å². The number of benzene rings is 1. The number of nitrogens with one attached hydrogen (secondary N) is 1. The Labute approximate surface area is 127 Å². The van der Waals surface area contributed by atoms with Crippen molar-refractivity contribution in [3.05, 3.63) is 23.8 Å². The Bertz CT molecular complexity index is 395. The van der Waals surface area contributed by atoms with Crippen LogP contribution in [0.5, 0.6) is 0 Å². The molecule has 0 aliphatic carbocycles. The van der Waals surface area contributed by atoms with Gasteiger partial charge in [0.05, 0.1) is 6.54 Å². The van der Waals surface area contributed by atoms with E-state index < -0.39 is 0 Å². The molecule has 0 bridgehead atoms. The summed E-state index contributed by atoms with van der Waals surface area (Å²) in [6, 6.07) is 5.48. The number of amides is 1. The number of rotatable bonds is 5. The molecule has 1 rings (SSSR count). The van der Waals surface area contributed by atoms with Gasteiger partial charge in [-0.25, -0.2) is 0 Å². The van der Waals surface area contributed by atoms with E-state index in [2.05, 4.69) is 10.2 Å². The van der Waals surface area contributed by atoms with Gasteiger partial charge in [0.1, 0.15) is 0 Å². The second kappa shape index (κ2) is 9.89. The van der Waals surface area contributed by atoms with E-state index in [0.29, 0.717) is 12.2 Å². The van der Waals surface area contributed by atoms with E-state index in [1.807, 2.05) is 32.9 Å². The molecule has 0 heterocycles. The van der Waals surface area contributed by atoms with Crippen molar-refractivity contribution in [3.8, 4) is 0 Å². The van der Waals surface area contributed by atoms with Gasteiger partial charge in [0, 0.05) is 11.4 Å². The van der Waals surface area contributed by atoms with E-state index in [1.54, 1.807) is 6.07 Å². The number of hydrogen-bond acceptors (Lipinski definition) is 3. The van der Waals surface area contributed by atoms with E-state index in [4.69, 9.17) is 5.73 Å². The third-order valence-corrected chi connectivity index (χ3v) is 2.79. The molecule has 0 aliphatic rings. The standard InChI is InChI=1S/C13H21N3O.2ClH/c1-4-16(5-2)9-13(17)15-12-7-6-11(14)8-10(12)3;;/h6-8H,4-5,9,14H2,1-3H3,(H,15,17);2*1H. The number of nitrogen functional groups attached to an aromatic ring is 1. The topological polar surface area (TPSA) is 58.4 Å². The highest BCUT2D eigenvalue weighted by molar-refractivity contribution is 5.93. The molecule has 0 saturated carbocycles. The number of anilines is 2. The predicted octanol–water partition coefficient (Wildman–Crippen LogP) is 2.70. The first-order valence-electron chi connectivity index (χ1n) is 5.95. The molecule has 6 heteroatoms. The molecule has 0 radical (unpaired) electrons. The lowest BCUT2D eigenvalue weighted by atomic mass is 10.2. The number of carbonyl (C=O) groups is 1. The number of halogens is 2. The van der Waals surface area contributed by atoms with Crippen molar-refractivity contribution < 1.29 is 4.79 Å². The fraction of sp³-hybridized carbons (Fsp3) is 0.462. The SMILES string of the molecule is CCN(CC)CC(=O)Nc1ccc(N)cc1C.Cl.Cl. The van der Waals surface area contributed by atoms with Gasteiger partial charge in [0.2, 0.25) is 5.91 Å². The van der Waals surface area contributed by atoms with Gasteiger partial charge in [0.15, 0.2) is 0 Å². The highest BCUT2D eigenvalue weighted by atomic mass is 35.5. The van der Waals surface area contributed by atoms with Gasteiger partial charge in [0.25, 0.3) is 0 Å². The van der Waals surface area contributed by atoms with Gasteiger partial charge in [-0.1, -0.05) is 13.8 Å². The minimum Gasteiger partial charge on any atom is -0.399 e. The van der Waals surface area contributed by atoms with Gasteiger partial charge in [-0.05, 0) is 43.8 Å². The lowest BCUT2D eigenvalue weighted by Crippen LogP contribution is -2.33. The Hall–Kier alpha value is -0.970. The molecule has 0 fully saturated rings. The summed E-state index contributed by atoms with van der Waals surface area (Å²) in [7, 11) is 0. The van der Waals surface area contributed by atoms with Crippen LogP contribution >= 0.6 is 24.8 Å². The van der Waals surface area contributed by atoms with Gasteiger partial charge < -0.3 is 11.1 Å². The monoisotopic (exact) mass is 307 g/mol. The Morgan fingerprint density at radius 3 is 2.32 bits per heavy atom. The Morgan fingerprint density at radius 1 is 1.26 bits per heavy atom. The quantitative estimate of drug-likeness (QED) is 0.822. The molecule has 0 atom stereocenters. The van der Waals surface area contributed by atoms with E-state index in [9.17, 15) is 4.79 Å². The molecule has 3 N–H and O–H groups in total. The van der Waals surface area contributed by atoms with Crippen LogP contribution in [0.15, 0.2) is 18.2 Å². The molecule has 0 unspecified atom stereocenters. The van der Waals surface area contributed by atoms with Crippen molar-refractivity contribution in [2.45, 2.75) is 20.8 Å². The number of hydrogen-bond donors (Lipinski definition) is 2. The molecule has 4 nitrogen and oxygen atoms in total. The zero-order valence-electron chi connectivity index (χ0n) is 11.6. The molecular weight excluding hydrogens is 285 g/mol. The van der Waals surface area contributed by atoms with Crippen molar-refractivity contribution >= 4 is 42.1 Å². The fourth-order valence-electron chi connectivity index (χ4n) is 1.67. The molecule has 1 aromatic rings. The summed E-state index contributed by atoms with van der Waals surface area (Å²) in [6.45, 7) is 8.21. The highest BCUT2D eigenvalue weighted by Gasteiger charge is 2.08. The molecule has 0 spiro atoms. The normalized spacial score (nSPS) is 9.47. The van der Waals surface area contributed by atoms with E-state index in [-0.39, 0.29) is 30.7 Å². The van der Waals surface area contributed by atoms with Crippen LogP contribution in [-0.4, -0.2) is 30.4 Å². The minimum absolute atomic E-state index is 0. The Morgan fingerprint density at radius 2 is 1.84 bits per heavy atom. The maximum Gasteiger partial charge on any atom is 0.238 e. The smallest absolute Gasteiger partial charge is 0.238 e. The van der Waals surface area contributed by atoms with Crippen LogP contribution in [0.3, 0.4) is 0 Å². The molecule has 110 valence electrons. The molecule has 1 amide bonds. The largest absolute Gasteiger partial charge is 0.399 e. The van der Waals surface area contributed by atoms with Crippen LogP contribution in [0.25, 0.3) is 0 Å². The lowest BCUT2D eigenvalue weighted by molar-refractivity contribution is -0.117. The summed E-state index contributed by atoms with van der Waals surface area (Å²) >= 11 is 0. The first kappa shape index (κ1) is 20.3. The number of likely N-dealkylation sites (N-methyl/N-ethyl adjacent to an activating group) is 1. The van der Waals surface area contributed by atoms with Crippen LogP contribution < -0.4 is 11.1 Å². The second-order valence-corrected chi connectivity index (χ2v) is 4.08. The van der Waals surface area contributed by atoms with E-state index in [0.717, 1.165) is 24.3 Å². The first-order chi connectivity index (χ1) is 8.06. The Balaban J connectivity index is 0. The molecular formula is C13H23Cl2N3O. The average molecular weight is 308 g/mol. The van der Waals surface area contributed by atoms with Crippen molar-refractivity contribution in [2.24, 2.45) is 0 Å². The van der Waals surface area contributed by atoms with Gasteiger partial charge >= 0.3 is 0 Å². The Kier molecular flexibility index (Phi) is 10.6. The highest BCUT2D eigenvalue weighted by Crippen LogP contribution is 2.17. The summed E-state index contributed by atoms with van der Waals surface area (Å²) in [5.74, 6) is 0.0153. The van der Waals surface area contributed by atoms with Crippen LogP contribution in [0.1, 0.15) is 19.4 Å². The summed E-state index contributed by atoms with van der Waals surface area (Å²) in [4.78, 5) is 13.9. The zero-order valence-corrected chi connectivity index (χ0v) is 13.2. The maximum absolute atomic E-state index is 11.8. The molecule has 1 aromatic carbocycles. The summed E-state index contributed by atoms with van der Waals surface area (Å²) in [6.07, 6.45) is 0. The number of carbonyl (C=O) groups excluding carboxylic acids is 1. The number of aryl methyl sites for hydroxylation is 1.